The number of hydrogen-bond donors (Lipinski definition) is 2. The van der Waals surface area contributed by atoms with Crippen molar-refractivity contribution in [3.05, 3.63) is 53.6 Å². The van der Waals surface area contributed by atoms with Crippen LogP contribution >= 0.6 is 0 Å². The lowest BCUT2D eigenvalue weighted by atomic mass is 10.2. The molecule has 0 bridgehead atoms. The number of nitrogens with one attached hydrogen (secondary N) is 2. The van der Waals surface area contributed by atoms with Crippen molar-refractivity contribution >= 4 is 27.3 Å². The fourth-order valence-corrected chi connectivity index (χ4v) is 4.73. The average Bonchev–Trinajstić information content (AvgIpc) is 2.74. The molecule has 0 saturated carbocycles. The van der Waals surface area contributed by atoms with E-state index in [9.17, 15) is 13.2 Å². The number of anilines is 2. The maximum Gasteiger partial charge on any atom is 0.243 e. The van der Waals surface area contributed by atoms with Crippen molar-refractivity contribution in [1.82, 2.24) is 4.31 Å². The Morgan fingerprint density at radius 3 is 2.45 bits per heavy atom. The zero-order chi connectivity index (χ0) is 20.9. The van der Waals surface area contributed by atoms with Crippen LogP contribution in [0.2, 0.25) is 0 Å². The second-order valence-electron chi connectivity index (χ2n) is 7.03. The van der Waals surface area contributed by atoms with Crippen LogP contribution in [-0.2, 0) is 14.8 Å². The van der Waals surface area contributed by atoms with Gasteiger partial charge in [0.1, 0.15) is 0 Å². The number of hydrogen-bond acceptors (Lipinski definition) is 5. The highest BCUT2D eigenvalue weighted by atomic mass is 32.2. The number of carbonyl (C=O) groups excluding carboxylic acids is 1. The molecule has 2 N–H and O–H groups in total. The van der Waals surface area contributed by atoms with Gasteiger partial charge in [0.2, 0.25) is 15.9 Å². The average molecular weight is 413 g/mol. The Labute approximate surface area is 171 Å². The Balaban J connectivity index is 1.67. The Morgan fingerprint density at radius 2 is 1.79 bits per heavy atom. The molecule has 7 nitrogen and oxygen atoms in total. The molecule has 2 aromatic carbocycles. The van der Waals surface area contributed by atoms with Crippen LogP contribution in [-0.4, -0.2) is 38.3 Å². The smallest absolute Gasteiger partial charge is 0.243 e. The van der Waals surface area contributed by atoms with E-state index in [1.165, 1.54) is 10.4 Å². The SMILES string of the molecule is Cc1ccc(S(=O)(=O)N2CCCCC2)cc1NC(=O)CNc1ccc(C#N)cc1. The molecule has 0 aliphatic carbocycles. The molecule has 1 saturated heterocycles. The summed E-state index contributed by atoms with van der Waals surface area (Å²) in [6.07, 6.45) is 2.79. The van der Waals surface area contributed by atoms with Gasteiger partial charge in [0.15, 0.2) is 0 Å². The normalized spacial score (nSPS) is 14.8. The van der Waals surface area contributed by atoms with Crippen molar-refractivity contribution in [3.8, 4) is 6.07 Å². The minimum Gasteiger partial charge on any atom is -0.376 e. The standard InChI is InChI=1S/C21H24N4O3S/c1-16-5-10-19(29(27,28)25-11-3-2-4-12-25)13-20(16)24-21(26)15-23-18-8-6-17(14-22)7-9-18/h5-10,13,23H,2-4,11-12,15H2,1H3,(H,24,26). The molecule has 152 valence electrons. The van der Waals surface area contributed by atoms with Crippen LogP contribution in [0.5, 0.6) is 0 Å². The molecule has 1 heterocycles. The number of aryl methyl sites for hydroxylation is 1. The van der Waals surface area contributed by atoms with E-state index in [0.29, 0.717) is 24.3 Å². The lowest BCUT2D eigenvalue weighted by Crippen LogP contribution is -2.35. The number of carbonyl (C=O) groups is 1. The van der Waals surface area contributed by atoms with E-state index < -0.39 is 10.0 Å². The van der Waals surface area contributed by atoms with Gasteiger partial charge in [-0.05, 0) is 61.7 Å². The summed E-state index contributed by atoms with van der Waals surface area (Å²) in [6.45, 7) is 2.91. The van der Waals surface area contributed by atoms with Gasteiger partial charge in [-0.2, -0.15) is 9.57 Å². The molecular formula is C21H24N4O3S. The second-order valence-corrected chi connectivity index (χ2v) is 8.97. The fraction of sp³-hybridized carbons (Fsp3) is 0.333. The number of piperidine rings is 1. The first kappa shape index (κ1) is 20.8. The number of rotatable bonds is 6. The highest BCUT2D eigenvalue weighted by molar-refractivity contribution is 7.89. The van der Waals surface area contributed by atoms with Gasteiger partial charge in [0.05, 0.1) is 23.1 Å². The van der Waals surface area contributed by atoms with Crippen molar-refractivity contribution in [2.24, 2.45) is 0 Å². The summed E-state index contributed by atoms with van der Waals surface area (Å²) < 4.78 is 27.3. The minimum atomic E-state index is -3.56. The monoisotopic (exact) mass is 412 g/mol. The molecule has 1 aliphatic heterocycles. The first-order chi connectivity index (χ1) is 13.9. The van der Waals surface area contributed by atoms with Crippen LogP contribution in [0.4, 0.5) is 11.4 Å². The first-order valence-corrected chi connectivity index (χ1v) is 11.0. The molecule has 1 amide bonds. The van der Waals surface area contributed by atoms with Gasteiger partial charge in [-0.1, -0.05) is 12.5 Å². The molecule has 8 heteroatoms. The summed E-state index contributed by atoms with van der Waals surface area (Å²) in [5, 5.41) is 14.6. The second kappa shape index (κ2) is 9.07. The molecule has 0 spiro atoms. The van der Waals surface area contributed by atoms with Gasteiger partial charge in [0, 0.05) is 24.5 Å². The van der Waals surface area contributed by atoms with Crippen LogP contribution in [0.15, 0.2) is 47.4 Å². The van der Waals surface area contributed by atoms with Crippen molar-refractivity contribution in [2.45, 2.75) is 31.1 Å². The van der Waals surface area contributed by atoms with Crippen LogP contribution in [0, 0.1) is 18.3 Å². The predicted molar refractivity (Wildman–Crippen MR) is 112 cm³/mol. The molecule has 0 radical (unpaired) electrons. The zero-order valence-electron chi connectivity index (χ0n) is 16.3. The largest absolute Gasteiger partial charge is 0.376 e. The van der Waals surface area contributed by atoms with Gasteiger partial charge in [-0.3, -0.25) is 4.79 Å². The van der Waals surface area contributed by atoms with Crippen LogP contribution in [0.3, 0.4) is 0 Å². The van der Waals surface area contributed by atoms with Gasteiger partial charge in [-0.25, -0.2) is 8.42 Å². The van der Waals surface area contributed by atoms with Crippen LogP contribution in [0.25, 0.3) is 0 Å². The van der Waals surface area contributed by atoms with Crippen molar-refractivity contribution in [2.75, 3.05) is 30.3 Å². The van der Waals surface area contributed by atoms with Crippen molar-refractivity contribution in [1.29, 1.82) is 5.26 Å². The molecular weight excluding hydrogens is 388 g/mol. The summed E-state index contributed by atoms with van der Waals surface area (Å²) in [4.78, 5) is 12.5. The number of nitrogens with zero attached hydrogens (tertiary/aromatic N) is 2. The van der Waals surface area contributed by atoms with E-state index in [1.807, 2.05) is 13.0 Å². The minimum absolute atomic E-state index is 0.0223. The zero-order valence-corrected chi connectivity index (χ0v) is 17.1. The molecule has 2 aromatic rings. The summed E-state index contributed by atoms with van der Waals surface area (Å²) in [7, 11) is -3.56. The summed E-state index contributed by atoms with van der Waals surface area (Å²) in [6, 6.07) is 13.6. The predicted octanol–water partition coefficient (Wildman–Crippen LogP) is 3.09. The van der Waals surface area contributed by atoms with E-state index in [1.54, 1.807) is 36.4 Å². The topological polar surface area (TPSA) is 102 Å². The Hall–Kier alpha value is -2.89. The number of amides is 1. The van der Waals surface area contributed by atoms with E-state index in [0.717, 1.165) is 30.5 Å². The molecule has 1 aliphatic rings. The van der Waals surface area contributed by atoms with Crippen molar-refractivity contribution in [3.63, 3.8) is 0 Å². The molecule has 0 aromatic heterocycles. The van der Waals surface area contributed by atoms with Crippen LogP contribution < -0.4 is 10.6 Å². The van der Waals surface area contributed by atoms with Gasteiger partial charge in [-0.15, -0.1) is 0 Å². The summed E-state index contributed by atoms with van der Waals surface area (Å²) in [5.41, 5.74) is 2.53. The highest BCUT2D eigenvalue weighted by Gasteiger charge is 2.26. The molecule has 0 atom stereocenters. The number of nitriles is 1. The maximum absolute atomic E-state index is 12.9. The fourth-order valence-electron chi connectivity index (χ4n) is 3.19. The summed E-state index contributed by atoms with van der Waals surface area (Å²) >= 11 is 0. The maximum atomic E-state index is 12.9. The Morgan fingerprint density at radius 1 is 1.10 bits per heavy atom. The van der Waals surface area contributed by atoms with Gasteiger partial charge >= 0.3 is 0 Å². The van der Waals surface area contributed by atoms with Gasteiger partial charge < -0.3 is 10.6 Å². The summed E-state index contributed by atoms with van der Waals surface area (Å²) in [5.74, 6) is -0.287. The Kier molecular flexibility index (Phi) is 6.52. The van der Waals surface area contributed by atoms with Crippen molar-refractivity contribution < 1.29 is 13.2 Å². The van der Waals surface area contributed by atoms with E-state index in [4.69, 9.17) is 5.26 Å². The lowest BCUT2D eigenvalue weighted by molar-refractivity contribution is -0.114. The number of sulfonamides is 1. The van der Waals surface area contributed by atoms with Gasteiger partial charge in [0.25, 0.3) is 0 Å². The lowest BCUT2D eigenvalue weighted by Gasteiger charge is -2.26. The third kappa shape index (κ3) is 5.13. The van der Waals surface area contributed by atoms with E-state index >= 15 is 0 Å². The molecule has 0 unspecified atom stereocenters. The molecule has 29 heavy (non-hydrogen) atoms. The van der Waals surface area contributed by atoms with E-state index in [-0.39, 0.29) is 17.3 Å². The third-order valence-corrected chi connectivity index (χ3v) is 6.80. The van der Waals surface area contributed by atoms with E-state index in [2.05, 4.69) is 10.6 Å². The quantitative estimate of drug-likeness (QED) is 0.759. The first-order valence-electron chi connectivity index (χ1n) is 9.55. The van der Waals surface area contributed by atoms with Crippen LogP contribution in [0.1, 0.15) is 30.4 Å². The highest BCUT2D eigenvalue weighted by Crippen LogP contribution is 2.25. The number of benzene rings is 2. The molecule has 1 fully saturated rings. The third-order valence-electron chi connectivity index (χ3n) is 4.90. The molecule has 3 rings (SSSR count). The Bertz CT molecular complexity index is 1020.